The molecule has 0 aromatic heterocycles. The summed E-state index contributed by atoms with van der Waals surface area (Å²) in [5.74, 6) is 1.60. The van der Waals surface area contributed by atoms with Crippen LogP contribution in [0, 0.1) is 0 Å². The van der Waals surface area contributed by atoms with E-state index in [1.54, 1.807) is 0 Å². The molecule has 0 aliphatic rings. The highest BCUT2D eigenvalue weighted by molar-refractivity contribution is 6.93. The Balaban J connectivity index is 1.90. The van der Waals surface area contributed by atoms with Crippen molar-refractivity contribution in [2.24, 2.45) is 0 Å². The summed E-state index contributed by atoms with van der Waals surface area (Å²) in [6.07, 6.45) is 0. The van der Waals surface area contributed by atoms with Crippen LogP contribution in [0.5, 0.6) is 11.5 Å². The summed E-state index contributed by atoms with van der Waals surface area (Å²) in [5, 5.41) is 2.12. The third-order valence-corrected chi connectivity index (χ3v) is 7.55. The molecule has 0 unspecified atom stereocenters. The SMILES string of the molecule is c1ccc(O[Si](Oc2ccccc2)(c2ccccc2)c2ccccc2)cc1. The van der Waals surface area contributed by atoms with Gasteiger partial charge < -0.3 is 8.85 Å². The van der Waals surface area contributed by atoms with Crippen molar-refractivity contribution in [1.29, 1.82) is 0 Å². The van der Waals surface area contributed by atoms with Gasteiger partial charge in [-0.05, 0) is 24.3 Å². The van der Waals surface area contributed by atoms with Gasteiger partial charge in [-0.1, -0.05) is 97.1 Å². The molecule has 0 aliphatic heterocycles. The van der Waals surface area contributed by atoms with Gasteiger partial charge in [-0.15, -0.1) is 0 Å². The van der Waals surface area contributed by atoms with Gasteiger partial charge in [0.1, 0.15) is 11.5 Å². The van der Waals surface area contributed by atoms with Gasteiger partial charge in [0.05, 0.1) is 0 Å². The van der Waals surface area contributed by atoms with Crippen LogP contribution in [0.15, 0.2) is 121 Å². The van der Waals surface area contributed by atoms with Gasteiger partial charge in [-0.25, -0.2) is 0 Å². The zero-order chi connectivity index (χ0) is 18.4. The van der Waals surface area contributed by atoms with Gasteiger partial charge >= 0.3 is 8.56 Å². The maximum Gasteiger partial charge on any atom is 0.531 e. The quantitative estimate of drug-likeness (QED) is 0.470. The third-order valence-electron chi connectivity index (χ3n) is 4.32. The normalized spacial score (nSPS) is 11.0. The minimum absolute atomic E-state index is 0.799. The van der Waals surface area contributed by atoms with Gasteiger partial charge in [0.25, 0.3) is 0 Å². The second-order valence-corrected chi connectivity index (χ2v) is 8.97. The molecule has 0 amide bonds. The second-order valence-electron chi connectivity index (χ2n) is 6.18. The van der Waals surface area contributed by atoms with Gasteiger partial charge in [0.2, 0.25) is 0 Å². The van der Waals surface area contributed by atoms with Crippen LogP contribution in [-0.2, 0) is 0 Å². The zero-order valence-electron chi connectivity index (χ0n) is 14.9. The van der Waals surface area contributed by atoms with Crippen LogP contribution in [0.3, 0.4) is 0 Å². The minimum Gasteiger partial charge on any atom is -0.506 e. The Hall–Kier alpha value is -3.30. The lowest BCUT2D eigenvalue weighted by molar-refractivity contribution is 0.417. The van der Waals surface area contributed by atoms with Crippen molar-refractivity contribution in [2.45, 2.75) is 0 Å². The van der Waals surface area contributed by atoms with E-state index < -0.39 is 8.56 Å². The Morgan fingerprint density at radius 2 is 0.667 bits per heavy atom. The van der Waals surface area contributed by atoms with Gasteiger partial charge in [0, 0.05) is 10.4 Å². The van der Waals surface area contributed by atoms with Crippen LogP contribution < -0.4 is 19.2 Å². The number of hydrogen-bond donors (Lipinski definition) is 0. The molecule has 4 aromatic rings. The van der Waals surface area contributed by atoms with Crippen LogP contribution in [-0.4, -0.2) is 8.56 Å². The Morgan fingerprint density at radius 3 is 1.00 bits per heavy atom. The van der Waals surface area contributed by atoms with Gasteiger partial charge in [0.15, 0.2) is 0 Å². The lowest BCUT2D eigenvalue weighted by Gasteiger charge is -2.32. The molecule has 4 rings (SSSR count). The summed E-state index contributed by atoms with van der Waals surface area (Å²) < 4.78 is 13.4. The first kappa shape index (κ1) is 17.1. The smallest absolute Gasteiger partial charge is 0.506 e. The summed E-state index contributed by atoms with van der Waals surface area (Å²) in [6.45, 7) is 0. The molecule has 0 heterocycles. The maximum absolute atomic E-state index is 6.69. The average Bonchev–Trinajstić information content (AvgIpc) is 2.76. The van der Waals surface area contributed by atoms with Crippen molar-refractivity contribution >= 4 is 18.9 Å². The number of benzene rings is 4. The Kier molecular flexibility index (Phi) is 5.03. The van der Waals surface area contributed by atoms with Crippen molar-refractivity contribution in [2.75, 3.05) is 0 Å². The molecule has 3 heteroatoms. The Labute approximate surface area is 160 Å². The first-order chi connectivity index (χ1) is 13.4. The van der Waals surface area contributed by atoms with Crippen LogP contribution in [0.2, 0.25) is 0 Å². The van der Waals surface area contributed by atoms with Crippen molar-refractivity contribution in [1.82, 2.24) is 0 Å². The highest BCUT2D eigenvalue weighted by Gasteiger charge is 2.47. The Bertz CT molecular complexity index is 875. The van der Waals surface area contributed by atoms with Crippen molar-refractivity contribution in [3.8, 4) is 11.5 Å². The molecule has 0 saturated carbocycles. The third kappa shape index (κ3) is 3.78. The molecule has 0 atom stereocenters. The van der Waals surface area contributed by atoms with E-state index in [9.17, 15) is 0 Å². The average molecular weight is 369 g/mol. The number of rotatable bonds is 6. The number of hydrogen-bond acceptors (Lipinski definition) is 2. The fourth-order valence-corrected chi connectivity index (χ4v) is 6.09. The lowest BCUT2D eigenvalue weighted by Crippen LogP contribution is -2.68. The fraction of sp³-hybridized carbons (Fsp3) is 0. The molecule has 0 spiro atoms. The van der Waals surface area contributed by atoms with Crippen LogP contribution in [0.4, 0.5) is 0 Å². The fourth-order valence-electron chi connectivity index (χ4n) is 3.05. The predicted octanol–water partition coefficient (Wildman–Crippen LogP) is 4.40. The van der Waals surface area contributed by atoms with Crippen LogP contribution >= 0.6 is 0 Å². The Morgan fingerprint density at radius 1 is 0.370 bits per heavy atom. The van der Waals surface area contributed by atoms with E-state index in [0.29, 0.717) is 0 Å². The van der Waals surface area contributed by atoms with E-state index in [1.165, 1.54) is 0 Å². The highest BCUT2D eigenvalue weighted by Crippen LogP contribution is 2.21. The summed E-state index contributed by atoms with van der Waals surface area (Å²) >= 11 is 0. The van der Waals surface area contributed by atoms with E-state index in [4.69, 9.17) is 8.85 Å². The molecule has 4 aromatic carbocycles. The van der Waals surface area contributed by atoms with Gasteiger partial charge in [-0.2, -0.15) is 0 Å². The largest absolute Gasteiger partial charge is 0.531 e. The first-order valence-corrected chi connectivity index (χ1v) is 10.8. The molecule has 2 nitrogen and oxygen atoms in total. The van der Waals surface area contributed by atoms with Crippen molar-refractivity contribution in [3.05, 3.63) is 121 Å². The summed E-state index contributed by atoms with van der Waals surface area (Å²) in [7, 11) is -3.03. The highest BCUT2D eigenvalue weighted by atomic mass is 28.4. The van der Waals surface area contributed by atoms with Crippen LogP contribution in [0.25, 0.3) is 0 Å². The maximum atomic E-state index is 6.69. The molecular formula is C24H20O2Si. The van der Waals surface area contributed by atoms with Gasteiger partial charge in [-0.3, -0.25) is 0 Å². The van der Waals surface area contributed by atoms with E-state index in [-0.39, 0.29) is 0 Å². The summed E-state index contributed by atoms with van der Waals surface area (Å²) in [6, 6.07) is 40.3. The second kappa shape index (κ2) is 7.93. The van der Waals surface area contributed by atoms with E-state index >= 15 is 0 Å². The molecule has 0 N–H and O–H groups in total. The molecule has 0 saturated heterocycles. The predicted molar refractivity (Wildman–Crippen MR) is 112 cm³/mol. The molecule has 0 bridgehead atoms. The molecular weight excluding hydrogens is 348 g/mol. The van der Waals surface area contributed by atoms with E-state index in [2.05, 4.69) is 24.3 Å². The monoisotopic (exact) mass is 368 g/mol. The summed E-state index contributed by atoms with van der Waals surface area (Å²) in [5.41, 5.74) is 0. The zero-order valence-corrected chi connectivity index (χ0v) is 15.9. The minimum atomic E-state index is -3.03. The molecule has 132 valence electrons. The molecule has 0 fully saturated rings. The summed E-state index contributed by atoms with van der Waals surface area (Å²) in [4.78, 5) is 0. The van der Waals surface area contributed by atoms with Crippen LogP contribution in [0.1, 0.15) is 0 Å². The first-order valence-electron chi connectivity index (χ1n) is 8.96. The van der Waals surface area contributed by atoms with E-state index in [0.717, 1.165) is 21.9 Å². The molecule has 0 radical (unpaired) electrons. The topological polar surface area (TPSA) is 18.5 Å². The van der Waals surface area contributed by atoms with Crippen molar-refractivity contribution in [3.63, 3.8) is 0 Å². The lowest BCUT2D eigenvalue weighted by atomic mass is 10.3. The molecule has 27 heavy (non-hydrogen) atoms. The standard InChI is InChI=1S/C24H20O2Si/c1-5-13-21(14-6-1)25-27(23-17-9-3-10-18-23,24-19-11-4-12-20-24)26-22-15-7-2-8-16-22/h1-20H. The number of para-hydroxylation sites is 2. The molecule has 0 aliphatic carbocycles. The van der Waals surface area contributed by atoms with E-state index in [1.807, 2.05) is 97.1 Å². The van der Waals surface area contributed by atoms with Crippen molar-refractivity contribution < 1.29 is 8.85 Å².